The highest BCUT2D eigenvalue weighted by Crippen LogP contribution is 2.23. The molecule has 96 valence electrons. The second kappa shape index (κ2) is 5.63. The summed E-state index contributed by atoms with van der Waals surface area (Å²) < 4.78 is 0. The van der Waals surface area contributed by atoms with Crippen molar-refractivity contribution >= 4 is 35.2 Å². The molecule has 1 N–H and O–H groups in total. The molecule has 0 bridgehead atoms. The molecule has 4 nitrogen and oxygen atoms in total. The molecule has 6 heteroatoms. The SMILES string of the molecule is O=C(O)C1CSCN1C(=O)Cc1ccccc1Cl. The zero-order chi connectivity index (χ0) is 13.1. The second-order valence-corrected chi connectivity index (χ2v) is 5.39. The first kappa shape index (κ1) is 13.2. The number of amides is 1. The molecular weight excluding hydrogens is 274 g/mol. The lowest BCUT2D eigenvalue weighted by Crippen LogP contribution is -2.42. The van der Waals surface area contributed by atoms with E-state index in [4.69, 9.17) is 16.7 Å². The van der Waals surface area contributed by atoms with Crippen LogP contribution in [0.2, 0.25) is 5.02 Å². The summed E-state index contributed by atoms with van der Waals surface area (Å²) in [5.74, 6) is -0.267. The molecule has 1 aliphatic heterocycles. The first-order valence-electron chi connectivity index (χ1n) is 5.43. The van der Waals surface area contributed by atoms with Crippen LogP contribution in [0.1, 0.15) is 5.56 Å². The van der Waals surface area contributed by atoms with Crippen LogP contribution in [0.3, 0.4) is 0 Å². The number of aliphatic carboxylic acids is 1. The van der Waals surface area contributed by atoms with E-state index in [0.29, 0.717) is 16.7 Å². The molecule has 0 radical (unpaired) electrons. The van der Waals surface area contributed by atoms with E-state index < -0.39 is 12.0 Å². The lowest BCUT2D eigenvalue weighted by molar-refractivity contribution is -0.147. The van der Waals surface area contributed by atoms with Gasteiger partial charge in [0.25, 0.3) is 0 Å². The molecule has 0 spiro atoms. The standard InChI is InChI=1S/C12H12ClNO3S/c13-9-4-2-1-3-8(9)5-11(15)14-7-18-6-10(14)12(16)17/h1-4,10H,5-7H2,(H,16,17). The summed E-state index contributed by atoms with van der Waals surface area (Å²) in [6.45, 7) is 0. The molecule has 1 aromatic rings. The number of benzene rings is 1. The smallest absolute Gasteiger partial charge is 0.327 e. The molecule has 1 atom stereocenters. The van der Waals surface area contributed by atoms with Gasteiger partial charge in [-0.05, 0) is 11.6 Å². The minimum atomic E-state index is -0.951. The number of thioether (sulfide) groups is 1. The van der Waals surface area contributed by atoms with Crippen molar-refractivity contribution < 1.29 is 14.7 Å². The van der Waals surface area contributed by atoms with Gasteiger partial charge in [0.1, 0.15) is 6.04 Å². The summed E-state index contributed by atoms with van der Waals surface area (Å²) in [6.07, 6.45) is 0.143. The zero-order valence-corrected chi connectivity index (χ0v) is 11.1. The van der Waals surface area contributed by atoms with Crippen molar-refractivity contribution in [2.75, 3.05) is 11.6 Å². The largest absolute Gasteiger partial charge is 0.480 e. The van der Waals surface area contributed by atoms with Crippen molar-refractivity contribution in [2.45, 2.75) is 12.5 Å². The number of carbonyl (C=O) groups excluding carboxylic acids is 1. The average Bonchev–Trinajstić information content (AvgIpc) is 2.81. The number of hydrogen-bond acceptors (Lipinski definition) is 3. The molecule has 0 saturated carbocycles. The third-order valence-corrected chi connectivity index (χ3v) is 4.17. The minimum Gasteiger partial charge on any atom is -0.480 e. The summed E-state index contributed by atoms with van der Waals surface area (Å²) >= 11 is 7.43. The fraction of sp³-hybridized carbons (Fsp3) is 0.333. The van der Waals surface area contributed by atoms with Crippen molar-refractivity contribution in [1.29, 1.82) is 0 Å². The van der Waals surface area contributed by atoms with Crippen LogP contribution in [0.5, 0.6) is 0 Å². The molecule has 1 fully saturated rings. The van der Waals surface area contributed by atoms with Crippen molar-refractivity contribution in [3.05, 3.63) is 34.9 Å². The van der Waals surface area contributed by atoms with Gasteiger partial charge in [-0.2, -0.15) is 0 Å². The van der Waals surface area contributed by atoms with Gasteiger partial charge >= 0.3 is 5.97 Å². The van der Waals surface area contributed by atoms with E-state index in [0.717, 1.165) is 5.56 Å². The van der Waals surface area contributed by atoms with E-state index in [-0.39, 0.29) is 12.3 Å². The van der Waals surface area contributed by atoms with Gasteiger partial charge in [-0.25, -0.2) is 4.79 Å². The normalized spacial score (nSPS) is 18.9. The molecule has 1 heterocycles. The summed E-state index contributed by atoms with van der Waals surface area (Å²) in [7, 11) is 0. The van der Waals surface area contributed by atoms with Crippen molar-refractivity contribution in [3.8, 4) is 0 Å². The highest BCUT2D eigenvalue weighted by atomic mass is 35.5. The fourth-order valence-corrected chi connectivity index (χ4v) is 3.17. The van der Waals surface area contributed by atoms with Crippen LogP contribution in [0, 0.1) is 0 Å². The van der Waals surface area contributed by atoms with E-state index in [1.165, 1.54) is 16.7 Å². The van der Waals surface area contributed by atoms with Crippen LogP contribution < -0.4 is 0 Å². The van der Waals surface area contributed by atoms with Crippen molar-refractivity contribution in [1.82, 2.24) is 4.90 Å². The average molecular weight is 286 g/mol. The van der Waals surface area contributed by atoms with E-state index in [9.17, 15) is 9.59 Å². The molecule has 18 heavy (non-hydrogen) atoms. The summed E-state index contributed by atoms with van der Waals surface area (Å²) in [4.78, 5) is 24.5. The second-order valence-electron chi connectivity index (χ2n) is 3.99. The third-order valence-electron chi connectivity index (χ3n) is 2.79. The maximum Gasteiger partial charge on any atom is 0.327 e. The Morgan fingerprint density at radius 2 is 2.17 bits per heavy atom. The lowest BCUT2D eigenvalue weighted by atomic mass is 10.1. The number of hydrogen-bond donors (Lipinski definition) is 1. The Morgan fingerprint density at radius 3 is 2.83 bits per heavy atom. The predicted octanol–water partition coefficient (Wildman–Crippen LogP) is 1.87. The van der Waals surface area contributed by atoms with Crippen LogP contribution in [0.4, 0.5) is 0 Å². The monoisotopic (exact) mass is 285 g/mol. The number of carbonyl (C=O) groups is 2. The molecule has 0 aromatic heterocycles. The summed E-state index contributed by atoms with van der Waals surface area (Å²) in [5, 5.41) is 9.55. The molecule has 1 aliphatic rings. The molecule has 2 rings (SSSR count). The maximum atomic E-state index is 12.1. The Kier molecular flexibility index (Phi) is 4.14. The predicted molar refractivity (Wildman–Crippen MR) is 70.8 cm³/mol. The van der Waals surface area contributed by atoms with Gasteiger partial charge in [0, 0.05) is 10.8 Å². The Labute approximate surface area is 114 Å². The molecule has 1 saturated heterocycles. The van der Waals surface area contributed by atoms with Gasteiger partial charge in [-0.3, -0.25) is 4.79 Å². The number of carboxylic acids is 1. The van der Waals surface area contributed by atoms with Crippen LogP contribution in [0.25, 0.3) is 0 Å². The fourth-order valence-electron chi connectivity index (χ4n) is 1.80. The van der Waals surface area contributed by atoms with E-state index in [2.05, 4.69) is 0 Å². The first-order valence-corrected chi connectivity index (χ1v) is 6.96. The van der Waals surface area contributed by atoms with E-state index >= 15 is 0 Å². The van der Waals surface area contributed by atoms with Gasteiger partial charge in [-0.1, -0.05) is 29.8 Å². The van der Waals surface area contributed by atoms with Crippen molar-refractivity contribution in [3.63, 3.8) is 0 Å². The van der Waals surface area contributed by atoms with Crippen LogP contribution in [0.15, 0.2) is 24.3 Å². The Morgan fingerprint density at radius 1 is 1.44 bits per heavy atom. The van der Waals surface area contributed by atoms with Gasteiger partial charge in [0.2, 0.25) is 5.91 Å². The highest BCUT2D eigenvalue weighted by molar-refractivity contribution is 7.99. The number of rotatable bonds is 3. The molecule has 1 aromatic carbocycles. The van der Waals surface area contributed by atoms with Crippen LogP contribution in [-0.4, -0.2) is 39.6 Å². The molecule has 1 unspecified atom stereocenters. The maximum absolute atomic E-state index is 12.1. The van der Waals surface area contributed by atoms with E-state index in [1.807, 2.05) is 6.07 Å². The molecule has 0 aliphatic carbocycles. The molecular formula is C12H12ClNO3S. The summed E-state index contributed by atoms with van der Waals surface area (Å²) in [6, 6.07) is 6.38. The highest BCUT2D eigenvalue weighted by Gasteiger charge is 2.34. The van der Waals surface area contributed by atoms with E-state index in [1.54, 1.807) is 18.2 Å². The number of carboxylic acid groups (broad SMARTS) is 1. The van der Waals surface area contributed by atoms with Gasteiger partial charge in [-0.15, -0.1) is 11.8 Å². The zero-order valence-electron chi connectivity index (χ0n) is 9.51. The van der Waals surface area contributed by atoms with Gasteiger partial charge < -0.3 is 10.0 Å². The van der Waals surface area contributed by atoms with Crippen molar-refractivity contribution in [2.24, 2.45) is 0 Å². The topological polar surface area (TPSA) is 57.6 Å². The van der Waals surface area contributed by atoms with Gasteiger partial charge in [0.05, 0.1) is 12.3 Å². The molecule has 1 amide bonds. The Hall–Kier alpha value is -1.20. The first-order chi connectivity index (χ1) is 8.59. The lowest BCUT2D eigenvalue weighted by Gasteiger charge is -2.20. The Balaban J connectivity index is 2.08. The third kappa shape index (κ3) is 2.79. The minimum absolute atomic E-state index is 0.143. The van der Waals surface area contributed by atoms with Crippen LogP contribution in [-0.2, 0) is 16.0 Å². The number of nitrogens with zero attached hydrogens (tertiary/aromatic N) is 1. The summed E-state index contributed by atoms with van der Waals surface area (Å²) in [5.41, 5.74) is 0.727. The Bertz CT molecular complexity index is 480. The van der Waals surface area contributed by atoms with Crippen LogP contribution >= 0.6 is 23.4 Å². The quantitative estimate of drug-likeness (QED) is 0.921. The van der Waals surface area contributed by atoms with Gasteiger partial charge in [0.15, 0.2) is 0 Å². The number of halogens is 1.